The van der Waals surface area contributed by atoms with E-state index >= 15 is 0 Å². The van der Waals surface area contributed by atoms with E-state index in [1.807, 2.05) is 0 Å². The van der Waals surface area contributed by atoms with Crippen LogP contribution in [-0.2, 0) is 13.1 Å². The third-order valence-corrected chi connectivity index (χ3v) is 3.32. The molecule has 0 heterocycles. The van der Waals surface area contributed by atoms with E-state index in [-0.39, 0.29) is 47.7 Å². The van der Waals surface area contributed by atoms with Crippen molar-refractivity contribution in [3.05, 3.63) is 65.2 Å². The molecule has 142 valence electrons. The van der Waals surface area contributed by atoms with E-state index in [2.05, 4.69) is 20.4 Å². The third-order valence-electron chi connectivity index (χ3n) is 3.32. The van der Waals surface area contributed by atoms with Crippen molar-refractivity contribution < 1.29 is 22.3 Å². The number of alkyl halides is 2. The first-order chi connectivity index (χ1) is 12.0. The molecule has 0 saturated heterocycles. The highest BCUT2D eigenvalue weighted by Gasteiger charge is 2.14. The van der Waals surface area contributed by atoms with Crippen LogP contribution in [0.2, 0.25) is 0 Å². The van der Waals surface area contributed by atoms with E-state index in [1.165, 1.54) is 31.3 Å². The molecule has 0 spiro atoms. The van der Waals surface area contributed by atoms with Crippen molar-refractivity contribution in [1.29, 1.82) is 0 Å². The molecular formula is C17H18F4IN3O. The van der Waals surface area contributed by atoms with Gasteiger partial charge in [0.05, 0.1) is 0 Å². The molecular weight excluding hydrogens is 465 g/mol. The second kappa shape index (κ2) is 10.8. The van der Waals surface area contributed by atoms with Crippen molar-refractivity contribution >= 4 is 29.9 Å². The average Bonchev–Trinajstić information content (AvgIpc) is 2.58. The van der Waals surface area contributed by atoms with Gasteiger partial charge in [-0.1, -0.05) is 18.2 Å². The molecule has 9 heteroatoms. The lowest BCUT2D eigenvalue weighted by Gasteiger charge is -2.15. The zero-order chi connectivity index (χ0) is 18.2. The van der Waals surface area contributed by atoms with Crippen LogP contribution in [0.3, 0.4) is 0 Å². The first-order valence-electron chi connectivity index (χ1n) is 7.40. The summed E-state index contributed by atoms with van der Waals surface area (Å²) in [6.45, 7) is -2.79. The molecule has 0 unspecified atom stereocenters. The van der Waals surface area contributed by atoms with Gasteiger partial charge in [0.1, 0.15) is 17.4 Å². The van der Waals surface area contributed by atoms with Gasteiger partial charge in [0.2, 0.25) is 0 Å². The Hall–Kier alpha value is -2.04. The van der Waals surface area contributed by atoms with Crippen LogP contribution in [0.4, 0.5) is 17.6 Å². The highest BCUT2D eigenvalue weighted by Crippen LogP contribution is 2.23. The van der Waals surface area contributed by atoms with Gasteiger partial charge in [-0.3, -0.25) is 4.99 Å². The molecule has 0 atom stereocenters. The summed E-state index contributed by atoms with van der Waals surface area (Å²) in [7, 11) is 1.51. The molecule has 0 aliphatic rings. The second-order valence-corrected chi connectivity index (χ2v) is 5.00. The van der Waals surface area contributed by atoms with Crippen molar-refractivity contribution in [2.75, 3.05) is 7.05 Å². The standard InChI is InChI=1S/C17H17F4N3O.HI/c1-22-17(23-9-11-5-7-12(18)8-6-11)24-10-13-14(19)3-2-4-15(13)25-16(20)21;/h2-8,16H,9-10H2,1H3,(H2,22,23,24);1H. The molecule has 0 fully saturated rings. The van der Waals surface area contributed by atoms with Gasteiger partial charge in [-0.2, -0.15) is 8.78 Å². The van der Waals surface area contributed by atoms with Crippen LogP contribution in [0.15, 0.2) is 47.5 Å². The smallest absolute Gasteiger partial charge is 0.387 e. The molecule has 0 radical (unpaired) electrons. The normalized spacial score (nSPS) is 11.1. The minimum absolute atomic E-state index is 0. The summed E-state index contributed by atoms with van der Waals surface area (Å²) in [6.07, 6.45) is 0. The topological polar surface area (TPSA) is 45.7 Å². The summed E-state index contributed by atoms with van der Waals surface area (Å²) in [6, 6.07) is 9.60. The molecule has 0 bridgehead atoms. The van der Waals surface area contributed by atoms with E-state index in [0.717, 1.165) is 11.6 Å². The zero-order valence-electron chi connectivity index (χ0n) is 13.8. The quantitative estimate of drug-likeness (QED) is 0.282. The number of nitrogens with one attached hydrogen (secondary N) is 2. The minimum Gasteiger partial charge on any atom is -0.434 e. The van der Waals surface area contributed by atoms with Crippen LogP contribution in [-0.4, -0.2) is 19.6 Å². The molecule has 4 nitrogen and oxygen atoms in total. The maximum Gasteiger partial charge on any atom is 0.387 e. The summed E-state index contributed by atoms with van der Waals surface area (Å²) in [5.74, 6) is -0.913. The summed E-state index contributed by atoms with van der Waals surface area (Å²) < 4.78 is 55.9. The predicted octanol–water partition coefficient (Wildman–Crippen LogP) is 4.05. The average molecular weight is 483 g/mol. The number of ether oxygens (including phenoxy) is 1. The van der Waals surface area contributed by atoms with Crippen LogP contribution in [0.1, 0.15) is 11.1 Å². The molecule has 0 aromatic heterocycles. The largest absolute Gasteiger partial charge is 0.434 e. The van der Waals surface area contributed by atoms with Gasteiger partial charge < -0.3 is 15.4 Å². The fraction of sp³-hybridized carbons (Fsp3) is 0.235. The van der Waals surface area contributed by atoms with Gasteiger partial charge in [-0.05, 0) is 29.8 Å². The summed E-state index contributed by atoms with van der Waals surface area (Å²) in [5.41, 5.74) is 0.782. The minimum atomic E-state index is -3.04. The Morgan fingerprint density at radius 1 is 1.04 bits per heavy atom. The van der Waals surface area contributed by atoms with Crippen LogP contribution in [0.25, 0.3) is 0 Å². The zero-order valence-corrected chi connectivity index (χ0v) is 16.1. The first-order valence-corrected chi connectivity index (χ1v) is 7.40. The van der Waals surface area contributed by atoms with Crippen LogP contribution < -0.4 is 15.4 Å². The number of rotatable bonds is 6. The monoisotopic (exact) mass is 483 g/mol. The summed E-state index contributed by atoms with van der Waals surface area (Å²) >= 11 is 0. The van der Waals surface area contributed by atoms with Gasteiger partial charge in [0, 0.05) is 25.7 Å². The lowest BCUT2D eigenvalue weighted by atomic mass is 10.2. The lowest BCUT2D eigenvalue weighted by molar-refractivity contribution is -0.0506. The Morgan fingerprint density at radius 2 is 1.69 bits per heavy atom. The molecule has 2 N–H and O–H groups in total. The first kappa shape index (κ1) is 22.0. The summed E-state index contributed by atoms with van der Waals surface area (Å²) in [5, 5.41) is 5.78. The summed E-state index contributed by atoms with van der Waals surface area (Å²) in [4.78, 5) is 3.96. The van der Waals surface area contributed by atoms with Crippen molar-refractivity contribution in [2.24, 2.45) is 4.99 Å². The lowest BCUT2D eigenvalue weighted by Crippen LogP contribution is -2.36. The van der Waals surface area contributed by atoms with E-state index in [9.17, 15) is 17.6 Å². The van der Waals surface area contributed by atoms with E-state index in [1.54, 1.807) is 12.1 Å². The predicted molar refractivity (Wildman–Crippen MR) is 102 cm³/mol. The maximum absolute atomic E-state index is 13.9. The van der Waals surface area contributed by atoms with Gasteiger partial charge in [-0.25, -0.2) is 8.78 Å². The molecule has 2 rings (SSSR count). The number of halogens is 5. The molecule has 0 amide bonds. The number of nitrogens with zero attached hydrogens (tertiary/aromatic N) is 1. The molecule has 0 saturated carbocycles. The van der Waals surface area contributed by atoms with Gasteiger partial charge in [0.15, 0.2) is 5.96 Å². The molecule has 0 aliphatic heterocycles. The molecule has 26 heavy (non-hydrogen) atoms. The maximum atomic E-state index is 13.9. The van der Waals surface area contributed by atoms with E-state index < -0.39 is 12.4 Å². The number of hydrogen-bond acceptors (Lipinski definition) is 2. The Labute approximate surface area is 165 Å². The Bertz CT molecular complexity index is 726. The highest BCUT2D eigenvalue weighted by molar-refractivity contribution is 14.0. The number of hydrogen-bond donors (Lipinski definition) is 2. The van der Waals surface area contributed by atoms with Crippen molar-refractivity contribution in [3.63, 3.8) is 0 Å². The molecule has 2 aromatic rings. The van der Waals surface area contributed by atoms with E-state index in [0.29, 0.717) is 12.5 Å². The van der Waals surface area contributed by atoms with E-state index in [4.69, 9.17) is 0 Å². The van der Waals surface area contributed by atoms with Crippen molar-refractivity contribution in [2.45, 2.75) is 19.7 Å². The number of guanidine groups is 1. The fourth-order valence-electron chi connectivity index (χ4n) is 2.10. The number of benzene rings is 2. The van der Waals surface area contributed by atoms with Crippen LogP contribution in [0.5, 0.6) is 5.75 Å². The molecule has 2 aromatic carbocycles. The van der Waals surface area contributed by atoms with Crippen LogP contribution in [0, 0.1) is 11.6 Å². The Morgan fingerprint density at radius 3 is 2.31 bits per heavy atom. The van der Waals surface area contributed by atoms with Crippen molar-refractivity contribution in [1.82, 2.24) is 10.6 Å². The molecule has 0 aliphatic carbocycles. The number of aliphatic imine (C=N–C) groups is 1. The van der Waals surface area contributed by atoms with Crippen LogP contribution >= 0.6 is 24.0 Å². The SMILES string of the molecule is CN=C(NCc1ccc(F)cc1)NCc1c(F)cccc1OC(F)F.I. The van der Waals surface area contributed by atoms with Gasteiger partial charge in [-0.15, -0.1) is 24.0 Å². The Balaban J connectivity index is 0.00000338. The van der Waals surface area contributed by atoms with Gasteiger partial charge >= 0.3 is 6.61 Å². The van der Waals surface area contributed by atoms with Gasteiger partial charge in [0.25, 0.3) is 0 Å². The third kappa shape index (κ3) is 6.70. The fourth-order valence-corrected chi connectivity index (χ4v) is 2.10. The highest BCUT2D eigenvalue weighted by atomic mass is 127. The second-order valence-electron chi connectivity index (χ2n) is 5.00. The Kier molecular flexibility index (Phi) is 9.17. The van der Waals surface area contributed by atoms with Crippen molar-refractivity contribution in [3.8, 4) is 5.75 Å².